The Morgan fingerprint density at radius 3 is 2.66 bits per heavy atom. The van der Waals surface area contributed by atoms with Gasteiger partial charge in [0.1, 0.15) is 11.0 Å². The van der Waals surface area contributed by atoms with E-state index in [1.807, 2.05) is 24.3 Å². The Labute approximate surface area is 194 Å². The van der Waals surface area contributed by atoms with Crippen molar-refractivity contribution in [3.8, 4) is 10.6 Å². The molecule has 2 heterocycles. The molecule has 2 N–H and O–H groups in total. The van der Waals surface area contributed by atoms with Gasteiger partial charge in [0.05, 0.1) is 4.92 Å². The van der Waals surface area contributed by atoms with E-state index < -0.39 is 17.0 Å². The van der Waals surface area contributed by atoms with Crippen molar-refractivity contribution in [2.75, 3.05) is 17.2 Å². The first-order valence-electron chi connectivity index (χ1n) is 9.63. The molecule has 1 saturated heterocycles. The summed E-state index contributed by atoms with van der Waals surface area (Å²) in [6.07, 6.45) is 1.21. The molecule has 0 radical (unpaired) electrons. The third-order valence-electron chi connectivity index (χ3n) is 4.87. The van der Waals surface area contributed by atoms with Crippen molar-refractivity contribution < 1.29 is 14.5 Å². The Morgan fingerprint density at radius 1 is 1.16 bits per heavy atom. The van der Waals surface area contributed by atoms with Gasteiger partial charge >= 0.3 is 6.03 Å². The summed E-state index contributed by atoms with van der Waals surface area (Å²) in [6.45, 7) is 0.427. The third kappa shape index (κ3) is 4.92. The van der Waals surface area contributed by atoms with Gasteiger partial charge in [-0.2, -0.15) is 0 Å². The van der Waals surface area contributed by atoms with Gasteiger partial charge in [-0.15, -0.1) is 10.2 Å². The smallest absolute Gasteiger partial charge is 0.312 e. The van der Waals surface area contributed by atoms with Crippen LogP contribution in [-0.2, 0) is 4.79 Å². The van der Waals surface area contributed by atoms with Crippen LogP contribution in [0.5, 0.6) is 0 Å². The van der Waals surface area contributed by atoms with Gasteiger partial charge in [0.15, 0.2) is 0 Å². The number of nitrogens with one attached hydrogen (secondary N) is 2. The largest absolute Gasteiger partial charge is 0.322 e. The summed E-state index contributed by atoms with van der Waals surface area (Å²) in [6, 6.07) is 12.0. The van der Waals surface area contributed by atoms with E-state index in [0.717, 1.165) is 10.0 Å². The lowest BCUT2D eigenvalue weighted by molar-refractivity contribution is -0.384. The third-order valence-corrected chi connectivity index (χ3v) is 6.25. The zero-order valence-electron chi connectivity index (χ0n) is 16.5. The highest BCUT2D eigenvalue weighted by molar-refractivity contribution is 9.10. The van der Waals surface area contributed by atoms with Crippen LogP contribution in [0, 0.1) is 10.1 Å². The summed E-state index contributed by atoms with van der Waals surface area (Å²) >= 11 is 4.67. The number of hydrogen-bond donors (Lipinski definition) is 2. The summed E-state index contributed by atoms with van der Waals surface area (Å²) in [5.41, 5.74) is 1.22. The number of halogens is 1. The SMILES string of the molecule is O=C(Nc1nnc(-c2cccc(Br)c2)s1)C1CCCN1C(=O)Nc1ccc([N+](=O)[O-])cc1. The van der Waals surface area contributed by atoms with Crippen LogP contribution in [0.4, 0.5) is 21.3 Å². The molecule has 0 aliphatic carbocycles. The quantitative estimate of drug-likeness (QED) is 0.378. The number of anilines is 2. The molecule has 1 fully saturated rings. The summed E-state index contributed by atoms with van der Waals surface area (Å²) in [4.78, 5) is 37.2. The standard InChI is InChI=1S/C20H17BrN6O4S/c21-13-4-1-3-12(11-13)18-24-25-19(32-18)23-17(28)16-5-2-10-26(16)20(29)22-14-6-8-15(9-7-14)27(30)31/h1,3-4,6-9,11,16H,2,5,10H2,(H,22,29)(H,23,25,28). The normalized spacial score (nSPS) is 15.4. The number of rotatable bonds is 5. The number of nitro groups is 1. The monoisotopic (exact) mass is 516 g/mol. The molecule has 1 aromatic heterocycles. The van der Waals surface area contributed by atoms with Gasteiger partial charge in [0.25, 0.3) is 5.69 Å². The molecule has 10 nitrogen and oxygen atoms in total. The molecule has 1 aliphatic rings. The second-order valence-corrected chi connectivity index (χ2v) is 8.89. The van der Waals surface area contributed by atoms with Crippen LogP contribution < -0.4 is 10.6 Å². The molecule has 1 aliphatic heterocycles. The summed E-state index contributed by atoms with van der Waals surface area (Å²) in [7, 11) is 0. The number of aromatic nitrogens is 2. The molecule has 32 heavy (non-hydrogen) atoms. The van der Waals surface area contributed by atoms with Crippen molar-refractivity contribution in [2.45, 2.75) is 18.9 Å². The lowest BCUT2D eigenvalue weighted by Crippen LogP contribution is -2.45. The van der Waals surface area contributed by atoms with E-state index in [4.69, 9.17) is 0 Å². The average molecular weight is 517 g/mol. The Bertz CT molecular complexity index is 1170. The number of hydrogen-bond acceptors (Lipinski definition) is 7. The molecule has 3 aromatic rings. The van der Waals surface area contributed by atoms with E-state index in [1.54, 1.807) is 0 Å². The topological polar surface area (TPSA) is 130 Å². The molecule has 1 atom stereocenters. The Hall–Kier alpha value is -3.38. The van der Waals surface area contributed by atoms with E-state index in [0.29, 0.717) is 35.2 Å². The second kappa shape index (κ2) is 9.40. The molecule has 0 saturated carbocycles. The van der Waals surface area contributed by atoms with E-state index in [2.05, 4.69) is 36.8 Å². The van der Waals surface area contributed by atoms with Crippen LogP contribution in [0.2, 0.25) is 0 Å². The molecule has 164 valence electrons. The number of carbonyl (C=O) groups is 2. The maximum absolute atomic E-state index is 12.8. The van der Waals surface area contributed by atoms with Crippen LogP contribution in [-0.4, -0.2) is 44.5 Å². The number of likely N-dealkylation sites (tertiary alicyclic amines) is 1. The number of carbonyl (C=O) groups excluding carboxylic acids is 2. The predicted molar refractivity (Wildman–Crippen MR) is 124 cm³/mol. The number of nitrogens with zero attached hydrogens (tertiary/aromatic N) is 4. The number of benzene rings is 2. The van der Waals surface area contributed by atoms with Crippen LogP contribution in [0.25, 0.3) is 10.6 Å². The zero-order valence-corrected chi connectivity index (χ0v) is 18.9. The first kappa shape index (κ1) is 21.8. The first-order valence-corrected chi connectivity index (χ1v) is 11.2. The zero-order chi connectivity index (χ0) is 22.7. The van der Waals surface area contributed by atoms with Crippen molar-refractivity contribution in [1.29, 1.82) is 0 Å². The van der Waals surface area contributed by atoms with E-state index in [1.165, 1.54) is 40.5 Å². The lowest BCUT2D eigenvalue weighted by Gasteiger charge is -2.23. The van der Waals surface area contributed by atoms with Crippen molar-refractivity contribution >= 4 is 55.7 Å². The Kier molecular flexibility index (Phi) is 6.42. The van der Waals surface area contributed by atoms with Crippen LogP contribution in [0.3, 0.4) is 0 Å². The molecular weight excluding hydrogens is 500 g/mol. The first-order chi connectivity index (χ1) is 15.4. The molecule has 12 heteroatoms. The van der Waals surface area contributed by atoms with Gasteiger partial charge in [-0.1, -0.05) is 39.4 Å². The number of nitro benzene ring substituents is 1. The maximum atomic E-state index is 12.8. The number of non-ortho nitro benzene ring substituents is 1. The van der Waals surface area contributed by atoms with Crippen molar-refractivity contribution in [2.24, 2.45) is 0 Å². The molecule has 3 amide bonds. The second-order valence-electron chi connectivity index (χ2n) is 7.00. The van der Waals surface area contributed by atoms with E-state index in [-0.39, 0.29) is 11.6 Å². The highest BCUT2D eigenvalue weighted by Gasteiger charge is 2.34. The molecule has 4 rings (SSSR count). The average Bonchev–Trinajstić information content (AvgIpc) is 3.44. The van der Waals surface area contributed by atoms with Gasteiger partial charge in [0, 0.05) is 34.4 Å². The van der Waals surface area contributed by atoms with E-state index >= 15 is 0 Å². The molecule has 0 bridgehead atoms. The van der Waals surface area contributed by atoms with Crippen molar-refractivity contribution in [3.05, 3.63) is 63.1 Å². The maximum Gasteiger partial charge on any atom is 0.322 e. The van der Waals surface area contributed by atoms with Crippen LogP contribution in [0.15, 0.2) is 53.0 Å². The highest BCUT2D eigenvalue weighted by atomic mass is 79.9. The number of urea groups is 1. The summed E-state index contributed by atoms with van der Waals surface area (Å²) in [5.74, 6) is -0.335. The minimum Gasteiger partial charge on any atom is -0.312 e. The van der Waals surface area contributed by atoms with Crippen LogP contribution in [0.1, 0.15) is 12.8 Å². The van der Waals surface area contributed by atoms with Gasteiger partial charge in [-0.3, -0.25) is 20.2 Å². The Morgan fingerprint density at radius 2 is 1.94 bits per heavy atom. The fraction of sp³-hybridized carbons (Fsp3) is 0.200. The summed E-state index contributed by atoms with van der Waals surface area (Å²) in [5, 5.41) is 25.4. The van der Waals surface area contributed by atoms with E-state index in [9.17, 15) is 19.7 Å². The summed E-state index contributed by atoms with van der Waals surface area (Å²) < 4.78 is 0.913. The fourth-order valence-corrected chi connectivity index (χ4v) is 4.49. The van der Waals surface area contributed by atoms with Crippen LogP contribution >= 0.6 is 27.3 Å². The Balaban J connectivity index is 1.40. The van der Waals surface area contributed by atoms with Gasteiger partial charge in [-0.25, -0.2) is 4.79 Å². The molecular formula is C20H17BrN6O4S. The van der Waals surface area contributed by atoms with Crippen molar-refractivity contribution in [3.63, 3.8) is 0 Å². The highest BCUT2D eigenvalue weighted by Crippen LogP contribution is 2.29. The molecule has 1 unspecified atom stereocenters. The van der Waals surface area contributed by atoms with Gasteiger partial charge in [-0.05, 0) is 37.1 Å². The predicted octanol–water partition coefficient (Wildman–Crippen LogP) is 4.51. The molecule has 0 spiro atoms. The van der Waals surface area contributed by atoms with Gasteiger partial charge < -0.3 is 10.2 Å². The minimum absolute atomic E-state index is 0.0688. The molecule has 2 aromatic carbocycles. The lowest BCUT2D eigenvalue weighted by atomic mass is 10.2. The number of amides is 3. The van der Waals surface area contributed by atoms with Crippen molar-refractivity contribution in [1.82, 2.24) is 15.1 Å². The van der Waals surface area contributed by atoms with Gasteiger partial charge in [0.2, 0.25) is 11.0 Å². The fourth-order valence-electron chi connectivity index (χ4n) is 3.34. The minimum atomic E-state index is -0.647.